The van der Waals surface area contributed by atoms with Gasteiger partial charge in [-0.2, -0.15) is 0 Å². The number of amides is 1. The van der Waals surface area contributed by atoms with E-state index in [2.05, 4.69) is 41.5 Å². The summed E-state index contributed by atoms with van der Waals surface area (Å²) >= 11 is 0. The summed E-state index contributed by atoms with van der Waals surface area (Å²) in [5.74, 6) is 1.22. The first-order valence-electron chi connectivity index (χ1n) is 10.2. The molecule has 1 saturated heterocycles. The molecule has 7 nitrogen and oxygen atoms in total. The van der Waals surface area contributed by atoms with E-state index in [0.717, 1.165) is 31.0 Å². The summed E-state index contributed by atoms with van der Waals surface area (Å²) in [7, 11) is 3.17. The number of imidazole rings is 1. The van der Waals surface area contributed by atoms with Crippen LogP contribution in [0.2, 0.25) is 0 Å². The summed E-state index contributed by atoms with van der Waals surface area (Å²) in [4.78, 5) is 21.9. The van der Waals surface area contributed by atoms with Gasteiger partial charge >= 0.3 is 0 Å². The van der Waals surface area contributed by atoms with Gasteiger partial charge in [-0.25, -0.2) is 4.98 Å². The van der Waals surface area contributed by atoms with Crippen LogP contribution >= 0.6 is 0 Å². The largest absolute Gasteiger partial charge is 0.493 e. The maximum Gasteiger partial charge on any atom is 0.254 e. The van der Waals surface area contributed by atoms with Gasteiger partial charge in [-0.3, -0.25) is 9.69 Å². The number of hydrogen-bond donors (Lipinski definition) is 0. The standard InChI is InChI=1S/C23H28N4O3/c1-16-7-8-27-19(17(2)24-22(27)13-16)15-25-9-11-26(12-10-25)23(28)18-5-6-20(29-3)21(14-18)30-4/h5-8,13-14H,9-12,15H2,1-4H3. The predicted molar refractivity (Wildman–Crippen MR) is 115 cm³/mol. The molecule has 0 bridgehead atoms. The van der Waals surface area contributed by atoms with Crippen molar-refractivity contribution >= 4 is 11.6 Å². The Morgan fingerprint density at radius 2 is 1.73 bits per heavy atom. The third-order valence-corrected chi connectivity index (χ3v) is 5.74. The summed E-state index contributed by atoms with van der Waals surface area (Å²) in [6.07, 6.45) is 2.09. The van der Waals surface area contributed by atoms with Crippen LogP contribution in [0.1, 0.15) is 27.3 Å². The lowest BCUT2D eigenvalue weighted by Crippen LogP contribution is -2.48. The second-order valence-electron chi connectivity index (χ2n) is 7.71. The zero-order valence-electron chi connectivity index (χ0n) is 18.0. The molecule has 2 aromatic heterocycles. The molecule has 1 aromatic carbocycles. The van der Waals surface area contributed by atoms with E-state index in [-0.39, 0.29) is 5.91 Å². The summed E-state index contributed by atoms with van der Waals surface area (Å²) in [6, 6.07) is 9.53. The summed E-state index contributed by atoms with van der Waals surface area (Å²) in [6.45, 7) is 8.03. The minimum atomic E-state index is 0.0251. The number of pyridine rings is 1. The number of hydrogen-bond acceptors (Lipinski definition) is 5. The molecule has 7 heteroatoms. The maximum atomic E-state index is 12.9. The van der Waals surface area contributed by atoms with Crippen LogP contribution in [-0.2, 0) is 6.54 Å². The molecule has 0 radical (unpaired) electrons. The molecule has 3 aromatic rings. The van der Waals surface area contributed by atoms with E-state index in [1.165, 1.54) is 11.3 Å². The number of aromatic nitrogens is 2. The van der Waals surface area contributed by atoms with E-state index in [1.54, 1.807) is 32.4 Å². The molecule has 1 aliphatic heterocycles. The Kier molecular flexibility index (Phi) is 5.63. The van der Waals surface area contributed by atoms with Gasteiger partial charge in [0.25, 0.3) is 5.91 Å². The number of rotatable bonds is 5. The minimum Gasteiger partial charge on any atom is -0.493 e. The van der Waals surface area contributed by atoms with Crippen molar-refractivity contribution in [3.05, 3.63) is 59.0 Å². The highest BCUT2D eigenvalue weighted by Gasteiger charge is 2.24. The van der Waals surface area contributed by atoms with Crippen molar-refractivity contribution in [2.24, 2.45) is 0 Å². The molecule has 158 valence electrons. The highest BCUT2D eigenvalue weighted by Crippen LogP contribution is 2.28. The Morgan fingerprint density at radius 1 is 1.00 bits per heavy atom. The zero-order valence-corrected chi connectivity index (χ0v) is 18.0. The van der Waals surface area contributed by atoms with Gasteiger partial charge in [0.2, 0.25) is 0 Å². The van der Waals surface area contributed by atoms with Crippen molar-refractivity contribution in [3.63, 3.8) is 0 Å². The Morgan fingerprint density at radius 3 is 2.43 bits per heavy atom. The minimum absolute atomic E-state index is 0.0251. The molecule has 0 unspecified atom stereocenters. The molecular formula is C23H28N4O3. The van der Waals surface area contributed by atoms with E-state index < -0.39 is 0 Å². The van der Waals surface area contributed by atoms with Crippen molar-refractivity contribution in [1.82, 2.24) is 19.2 Å². The number of fused-ring (bicyclic) bond motifs is 1. The fourth-order valence-corrected chi connectivity index (χ4v) is 3.98. The third kappa shape index (κ3) is 3.85. The summed E-state index contributed by atoms with van der Waals surface area (Å²) in [5, 5.41) is 0. The molecule has 1 fully saturated rings. The topological polar surface area (TPSA) is 59.3 Å². The smallest absolute Gasteiger partial charge is 0.254 e. The molecular weight excluding hydrogens is 380 g/mol. The van der Waals surface area contributed by atoms with E-state index in [9.17, 15) is 4.79 Å². The summed E-state index contributed by atoms with van der Waals surface area (Å²) < 4.78 is 12.8. The van der Waals surface area contributed by atoms with Crippen LogP contribution in [0.5, 0.6) is 11.5 Å². The second kappa shape index (κ2) is 8.36. The molecule has 30 heavy (non-hydrogen) atoms. The number of aryl methyl sites for hydroxylation is 2. The van der Waals surface area contributed by atoms with E-state index in [1.807, 2.05) is 4.90 Å². The highest BCUT2D eigenvalue weighted by atomic mass is 16.5. The number of carbonyl (C=O) groups is 1. The van der Waals surface area contributed by atoms with Gasteiger partial charge in [-0.15, -0.1) is 0 Å². The average molecular weight is 409 g/mol. The van der Waals surface area contributed by atoms with E-state index in [0.29, 0.717) is 30.2 Å². The highest BCUT2D eigenvalue weighted by molar-refractivity contribution is 5.95. The van der Waals surface area contributed by atoms with Crippen LogP contribution in [0.25, 0.3) is 5.65 Å². The van der Waals surface area contributed by atoms with Crippen molar-refractivity contribution < 1.29 is 14.3 Å². The van der Waals surface area contributed by atoms with Gasteiger partial charge in [0, 0.05) is 44.5 Å². The lowest BCUT2D eigenvalue weighted by atomic mass is 10.1. The van der Waals surface area contributed by atoms with Crippen LogP contribution in [0.3, 0.4) is 0 Å². The molecule has 1 amide bonds. The number of benzene rings is 1. The molecule has 1 aliphatic rings. The first-order chi connectivity index (χ1) is 14.5. The third-order valence-electron chi connectivity index (χ3n) is 5.74. The van der Waals surface area contributed by atoms with Gasteiger partial charge in [0.1, 0.15) is 5.65 Å². The zero-order chi connectivity index (χ0) is 21.3. The van der Waals surface area contributed by atoms with Gasteiger partial charge in [-0.1, -0.05) is 0 Å². The number of nitrogens with zero attached hydrogens (tertiary/aromatic N) is 4. The number of ether oxygens (including phenoxy) is 2. The molecule has 0 N–H and O–H groups in total. The van der Waals surface area contributed by atoms with Crippen molar-refractivity contribution in [3.8, 4) is 11.5 Å². The van der Waals surface area contributed by atoms with Gasteiger partial charge in [-0.05, 0) is 49.7 Å². The number of carbonyl (C=O) groups excluding carboxylic acids is 1. The van der Waals surface area contributed by atoms with Gasteiger partial charge < -0.3 is 18.8 Å². The number of piperazine rings is 1. The van der Waals surface area contributed by atoms with Crippen LogP contribution in [0, 0.1) is 13.8 Å². The van der Waals surface area contributed by atoms with Crippen LogP contribution in [0.4, 0.5) is 0 Å². The van der Waals surface area contributed by atoms with Gasteiger partial charge in [0.15, 0.2) is 11.5 Å². The fraction of sp³-hybridized carbons (Fsp3) is 0.391. The SMILES string of the molecule is COc1ccc(C(=O)N2CCN(Cc3c(C)nc4cc(C)ccn34)CC2)cc1OC. The fourth-order valence-electron chi connectivity index (χ4n) is 3.98. The van der Waals surface area contributed by atoms with Crippen molar-refractivity contribution in [1.29, 1.82) is 0 Å². The predicted octanol–water partition coefficient (Wildman–Crippen LogP) is 2.93. The lowest BCUT2D eigenvalue weighted by molar-refractivity contribution is 0.0626. The van der Waals surface area contributed by atoms with Crippen molar-refractivity contribution in [2.75, 3.05) is 40.4 Å². The molecule has 0 saturated carbocycles. The Bertz CT molecular complexity index is 1070. The average Bonchev–Trinajstić information content (AvgIpc) is 3.07. The van der Waals surface area contributed by atoms with Crippen LogP contribution in [0.15, 0.2) is 36.5 Å². The quantitative estimate of drug-likeness (QED) is 0.650. The Balaban J connectivity index is 1.42. The lowest BCUT2D eigenvalue weighted by Gasteiger charge is -2.34. The normalized spacial score (nSPS) is 14.9. The Hall–Kier alpha value is -3.06. The molecule has 4 rings (SSSR count). The molecule has 0 spiro atoms. The van der Waals surface area contributed by atoms with Crippen LogP contribution in [-0.4, -0.2) is 65.5 Å². The molecule has 0 atom stereocenters. The maximum absolute atomic E-state index is 12.9. The first-order valence-corrected chi connectivity index (χ1v) is 10.2. The number of methoxy groups -OCH3 is 2. The second-order valence-corrected chi connectivity index (χ2v) is 7.71. The van der Waals surface area contributed by atoms with E-state index in [4.69, 9.17) is 14.5 Å². The molecule has 0 aliphatic carbocycles. The van der Waals surface area contributed by atoms with E-state index >= 15 is 0 Å². The molecule has 3 heterocycles. The first kappa shape index (κ1) is 20.2. The van der Waals surface area contributed by atoms with Crippen molar-refractivity contribution in [2.45, 2.75) is 20.4 Å². The van der Waals surface area contributed by atoms with Gasteiger partial charge in [0.05, 0.1) is 25.6 Å². The Labute approximate surface area is 176 Å². The van der Waals surface area contributed by atoms with Crippen LogP contribution < -0.4 is 9.47 Å². The summed E-state index contributed by atoms with van der Waals surface area (Å²) in [5.41, 5.74) is 5.09. The monoisotopic (exact) mass is 408 g/mol.